The Kier molecular flexibility index (Phi) is 14.5. The van der Waals surface area contributed by atoms with Crippen molar-refractivity contribution in [3.8, 4) is 11.5 Å². The van der Waals surface area contributed by atoms with E-state index in [-0.39, 0.29) is 18.6 Å². The number of carbonyl (C=O) groups is 4. The van der Waals surface area contributed by atoms with E-state index in [9.17, 15) is 46.2 Å². The maximum absolute atomic E-state index is 14.8. The third-order valence-electron chi connectivity index (χ3n) is 6.98. The number of carbonyl (C=O) groups excluding carboxylic acids is 4. The van der Waals surface area contributed by atoms with Crippen LogP contribution >= 0.6 is 0 Å². The Balaban J connectivity index is 2.21. The molecule has 0 saturated carbocycles. The Labute approximate surface area is 286 Å². The lowest BCUT2D eigenvalue weighted by molar-refractivity contribution is -0.175. The SMILES string of the molecule is COc1ccc(C(NC(=O)C(N)Cc2ccc(OCC(=O)OC(C)(C)C)cc2)C(=O)NC(C(C)C)C(O)C(F)(F)C(=O)NCC(F)(F)F)cc1. The lowest BCUT2D eigenvalue weighted by atomic mass is 9.93. The molecular formula is C33H43F5N4O8. The second kappa shape index (κ2) is 17.4. The summed E-state index contributed by atoms with van der Waals surface area (Å²) >= 11 is 0. The summed E-state index contributed by atoms with van der Waals surface area (Å²) in [7, 11) is 1.39. The Morgan fingerprint density at radius 1 is 0.860 bits per heavy atom. The summed E-state index contributed by atoms with van der Waals surface area (Å²) in [5.41, 5.74) is 6.20. The number of esters is 1. The van der Waals surface area contributed by atoms with Gasteiger partial charge in [-0.05, 0) is 68.5 Å². The van der Waals surface area contributed by atoms with Crippen molar-refractivity contribution >= 4 is 23.7 Å². The van der Waals surface area contributed by atoms with Crippen LogP contribution in [0.4, 0.5) is 22.0 Å². The normalized spacial score (nSPS) is 14.5. The molecule has 2 aromatic rings. The molecule has 0 aromatic heterocycles. The minimum atomic E-state index is -4.99. The first kappa shape index (κ1) is 41.7. The lowest BCUT2D eigenvalue weighted by Gasteiger charge is -2.33. The molecule has 4 atom stereocenters. The van der Waals surface area contributed by atoms with E-state index in [1.807, 2.05) is 0 Å². The predicted octanol–water partition coefficient (Wildman–Crippen LogP) is 2.96. The number of ether oxygens (including phenoxy) is 3. The van der Waals surface area contributed by atoms with E-state index >= 15 is 0 Å². The highest BCUT2D eigenvalue weighted by Gasteiger charge is 2.52. The zero-order valence-electron chi connectivity index (χ0n) is 28.4. The maximum atomic E-state index is 14.8. The number of nitrogens with two attached hydrogens (primary N) is 1. The highest BCUT2D eigenvalue weighted by Crippen LogP contribution is 2.27. The quantitative estimate of drug-likeness (QED) is 0.129. The summed E-state index contributed by atoms with van der Waals surface area (Å²) < 4.78 is 82.9. The molecule has 0 spiro atoms. The van der Waals surface area contributed by atoms with Crippen LogP contribution in [0, 0.1) is 5.92 Å². The smallest absolute Gasteiger partial charge is 0.405 e. The minimum absolute atomic E-state index is 0.0261. The van der Waals surface area contributed by atoms with E-state index in [1.54, 1.807) is 45.0 Å². The van der Waals surface area contributed by atoms with Crippen LogP contribution in [0.25, 0.3) is 0 Å². The van der Waals surface area contributed by atoms with E-state index in [2.05, 4.69) is 10.6 Å². The van der Waals surface area contributed by atoms with Crippen molar-refractivity contribution in [3.05, 3.63) is 59.7 Å². The first-order chi connectivity index (χ1) is 23.0. The highest BCUT2D eigenvalue weighted by atomic mass is 19.4. The van der Waals surface area contributed by atoms with E-state index in [0.717, 1.165) is 5.32 Å². The Hall–Kier alpha value is -4.51. The van der Waals surface area contributed by atoms with Gasteiger partial charge in [-0.3, -0.25) is 14.4 Å². The first-order valence-electron chi connectivity index (χ1n) is 15.4. The second-order valence-corrected chi connectivity index (χ2v) is 12.7. The van der Waals surface area contributed by atoms with Crippen LogP contribution in [-0.4, -0.2) is 84.9 Å². The zero-order chi connectivity index (χ0) is 38.0. The lowest BCUT2D eigenvalue weighted by Crippen LogP contribution is -2.60. The average molecular weight is 719 g/mol. The maximum Gasteiger partial charge on any atom is 0.405 e. The molecule has 0 heterocycles. The zero-order valence-corrected chi connectivity index (χ0v) is 28.4. The molecule has 0 aliphatic carbocycles. The number of benzene rings is 2. The average Bonchev–Trinajstić information content (AvgIpc) is 3.02. The van der Waals surface area contributed by atoms with Crippen molar-refractivity contribution < 1.29 is 60.4 Å². The molecule has 0 bridgehead atoms. The first-order valence-corrected chi connectivity index (χ1v) is 15.4. The molecule has 0 aliphatic rings. The summed E-state index contributed by atoms with van der Waals surface area (Å²) in [6.07, 6.45) is -7.97. The molecule has 278 valence electrons. The molecule has 0 saturated heterocycles. The summed E-state index contributed by atoms with van der Waals surface area (Å²) in [4.78, 5) is 50.6. The molecule has 50 heavy (non-hydrogen) atoms. The van der Waals surface area contributed by atoms with Gasteiger partial charge in [-0.25, -0.2) is 4.79 Å². The highest BCUT2D eigenvalue weighted by molar-refractivity contribution is 5.91. The molecule has 3 amide bonds. The van der Waals surface area contributed by atoms with Crippen molar-refractivity contribution in [2.75, 3.05) is 20.3 Å². The van der Waals surface area contributed by atoms with Gasteiger partial charge in [-0.15, -0.1) is 0 Å². The predicted molar refractivity (Wildman–Crippen MR) is 170 cm³/mol. The minimum Gasteiger partial charge on any atom is -0.497 e. The number of halogens is 5. The standard InChI is InChI=1S/C33H43F5N4O8/c1-18(2)25(27(44)33(37,38)30(47)40-17-32(34,35)36)41-29(46)26(20-9-13-21(48-6)14-10-20)42-28(45)23(39)15-19-7-11-22(12-8-19)49-16-24(43)50-31(3,4)5/h7-14,18,23,25-27,44H,15-17,39H2,1-6H3,(H,40,47)(H,41,46)(H,42,45). The molecule has 0 fully saturated rings. The van der Waals surface area contributed by atoms with Gasteiger partial charge >= 0.3 is 18.1 Å². The second-order valence-electron chi connectivity index (χ2n) is 12.7. The van der Waals surface area contributed by atoms with Crippen LogP contribution in [0.15, 0.2) is 48.5 Å². The molecule has 0 radical (unpaired) electrons. The van der Waals surface area contributed by atoms with Gasteiger partial charge in [0.1, 0.15) is 35.8 Å². The molecule has 12 nitrogen and oxygen atoms in total. The largest absolute Gasteiger partial charge is 0.497 e. The van der Waals surface area contributed by atoms with Gasteiger partial charge in [0.2, 0.25) is 11.8 Å². The number of aliphatic hydroxyl groups is 1. The third-order valence-corrected chi connectivity index (χ3v) is 6.98. The molecule has 4 unspecified atom stereocenters. The van der Waals surface area contributed by atoms with Crippen LogP contribution in [0.1, 0.15) is 51.8 Å². The van der Waals surface area contributed by atoms with Crippen molar-refractivity contribution in [2.45, 2.75) is 83.0 Å². The van der Waals surface area contributed by atoms with Crippen LogP contribution < -0.4 is 31.2 Å². The van der Waals surface area contributed by atoms with Gasteiger partial charge in [-0.1, -0.05) is 38.1 Å². The monoisotopic (exact) mass is 718 g/mol. The van der Waals surface area contributed by atoms with Gasteiger partial charge < -0.3 is 41.0 Å². The van der Waals surface area contributed by atoms with Crippen LogP contribution in [0.3, 0.4) is 0 Å². The fraction of sp³-hybridized carbons (Fsp3) is 0.515. The van der Waals surface area contributed by atoms with Crippen LogP contribution in [0.5, 0.6) is 11.5 Å². The number of nitrogens with one attached hydrogen (secondary N) is 3. The van der Waals surface area contributed by atoms with E-state index in [0.29, 0.717) is 17.1 Å². The summed E-state index contributed by atoms with van der Waals surface area (Å²) in [6.45, 7) is 5.40. The number of alkyl halides is 5. The summed E-state index contributed by atoms with van der Waals surface area (Å²) in [5, 5.41) is 16.2. The molecule has 2 rings (SSSR count). The number of amides is 3. The van der Waals surface area contributed by atoms with Crippen molar-refractivity contribution in [3.63, 3.8) is 0 Å². The molecule has 17 heteroatoms. The van der Waals surface area contributed by atoms with Crippen molar-refractivity contribution in [2.24, 2.45) is 11.7 Å². The van der Waals surface area contributed by atoms with Gasteiger partial charge in [-0.2, -0.15) is 22.0 Å². The summed E-state index contributed by atoms with van der Waals surface area (Å²) in [5.74, 6) is -9.86. The number of aliphatic hydroxyl groups excluding tert-OH is 1. The van der Waals surface area contributed by atoms with Gasteiger partial charge in [0.25, 0.3) is 5.91 Å². The van der Waals surface area contributed by atoms with E-state index < -0.39 is 78.1 Å². The van der Waals surface area contributed by atoms with E-state index in [1.165, 1.54) is 45.2 Å². The molecule has 0 aliphatic heterocycles. The van der Waals surface area contributed by atoms with Crippen molar-refractivity contribution in [1.29, 1.82) is 0 Å². The van der Waals surface area contributed by atoms with Gasteiger partial charge in [0, 0.05) is 0 Å². The van der Waals surface area contributed by atoms with Crippen molar-refractivity contribution in [1.82, 2.24) is 16.0 Å². The van der Waals surface area contributed by atoms with Gasteiger partial charge in [0.15, 0.2) is 6.61 Å². The fourth-order valence-corrected chi connectivity index (χ4v) is 4.44. The van der Waals surface area contributed by atoms with Crippen LogP contribution in [0.2, 0.25) is 0 Å². The third kappa shape index (κ3) is 13.1. The number of rotatable bonds is 16. The number of hydrogen-bond acceptors (Lipinski definition) is 9. The Morgan fingerprint density at radius 3 is 1.92 bits per heavy atom. The fourth-order valence-electron chi connectivity index (χ4n) is 4.44. The Bertz CT molecular complexity index is 1450. The van der Waals surface area contributed by atoms with Gasteiger partial charge in [0.05, 0.1) is 19.2 Å². The molecule has 6 N–H and O–H groups in total. The molecular weight excluding hydrogens is 675 g/mol. The van der Waals surface area contributed by atoms with Crippen LogP contribution in [-0.2, 0) is 30.3 Å². The summed E-state index contributed by atoms with van der Waals surface area (Å²) in [6, 6.07) is 7.38. The molecule has 2 aromatic carbocycles. The number of methoxy groups -OCH3 is 1. The topological polar surface area (TPSA) is 178 Å². The van der Waals surface area contributed by atoms with E-state index in [4.69, 9.17) is 19.9 Å². The number of hydrogen-bond donors (Lipinski definition) is 5. The Morgan fingerprint density at radius 2 is 1.42 bits per heavy atom.